The van der Waals surface area contributed by atoms with Crippen LogP contribution < -0.4 is 20.1 Å². The second-order valence-electron chi connectivity index (χ2n) is 8.78. The lowest BCUT2D eigenvalue weighted by Gasteiger charge is -2.38. The quantitative estimate of drug-likeness (QED) is 0.517. The predicted octanol–water partition coefficient (Wildman–Crippen LogP) is 4.84. The van der Waals surface area contributed by atoms with E-state index in [2.05, 4.69) is 10.6 Å². The van der Waals surface area contributed by atoms with Crippen molar-refractivity contribution in [1.82, 2.24) is 10.2 Å². The first-order valence-electron chi connectivity index (χ1n) is 11.8. The van der Waals surface area contributed by atoms with Crippen molar-refractivity contribution in [2.45, 2.75) is 32.4 Å². The summed E-state index contributed by atoms with van der Waals surface area (Å²) in [5.41, 5.74) is 4.24. The number of urea groups is 1. The lowest BCUT2D eigenvalue weighted by atomic mass is 9.88. The number of carbonyl (C=O) groups excluding carboxylic acids is 2. The van der Waals surface area contributed by atoms with Gasteiger partial charge in [0.25, 0.3) is 0 Å². The van der Waals surface area contributed by atoms with E-state index in [1.165, 1.54) is 12.1 Å². The number of amides is 3. The second-order valence-corrected chi connectivity index (χ2v) is 8.78. The Labute approximate surface area is 210 Å². The van der Waals surface area contributed by atoms with Gasteiger partial charge in [-0.3, -0.25) is 4.79 Å². The number of carbonyl (C=O) groups is 2. The number of para-hydroxylation sites is 1. The van der Waals surface area contributed by atoms with Crippen molar-refractivity contribution < 1.29 is 23.5 Å². The van der Waals surface area contributed by atoms with Gasteiger partial charge in [-0.2, -0.15) is 0 Å². The molecule has 2 atom stereocenters. The van der Waals surface area contributed by atoms with Gasteiger partial charge < -0.3 is 25.0 Å². The molecule has 36 heavy (non-hydrogen) atoms. The van der Waals surface area contributed by atoms with Crippen molar-refractivity contribution in [2.75, 3.05) is 26.1 Å². The molecule has 1 aliphatic rings. The van der Waals surface area contributed by atoms with Gasteiger partial charge in [-0.25, -0.2) is 9.18 Å². The molecule has 188 valence electrons. The number of ether oxygens (including phenoxy) is 2. The van der Waals surface area contributed by atoms with Gasteiger partial charge in [0.15, 0.2) is 11.5 Å². The first-order valence-corrected chi connectivity index (χ1v) is 11.8. The third-order valence-corrected chi connectivity index (χ3v) is 6.46. The van der Waals surface area contributed by atoms with E-state index in [9.17, 15) is 14.0 Å². The van der Waals surface area contributed by atoms with Gasteiger partial charge in [0.05, 0.1) is 20.3 Å². The van der Waals surface area contributed by atoms with E-state index in [1.807, 2.05) is 43.3 Å². The molecule has 1 unspecified atom stereocenters. The number of hydrogen-bond acceptors (Lipinski definition) is 4. The molecular formula is C28H30FN3O4. The molecule has 8 heteroatoms. The van der Waals surface area contributed by atoms with Crippen LogP contribution in [0.25, 0.3) is 0 Å². The van der Waals surface area contributed by atoms with Gasteiger partial charge >= 0.3 is 6.03 Å². The maximum Gasteiger partial charge on any atom is 0.318 e. The topological polar surface area (TPSA) is 79.9 Å². The van der Waals surface area contributed by atoms with Gasteiger partial charge in [0, 0.05) is 12.2 Å². The molecule has 0 saturated carbocycles. The summed E-state index contributed by atoms with van der Waals surface area (Å²) < 4.78 is 24.7. The Morgan fingerprint density at radius 2 is 1.69 bits per heavy atom. The van der Waals surface area contributed by atoms with Crippen LogP contribution in [0.3, 0.4) is 0 Å². The lowest BCUT2D eigenvalue weighted by molar-refractivity contribution is -0.117. The number of methoxy groups -OCH3 is 2. The number of nitrogens with zero attached hydrogens (tertiary/aromatic N) is 1. The maximum atomic E-state index is 13.7. The first kappa shape index (κ1) is 25.0. The third-order valence-electron chi connectivity index (χ3n) is 6.46. The lowest BCUT2D eigenvalue weighted by Crippen LogP contribution is -2.51. The van der Waals surface area contributed by atoms with E-state index in [0.717, 1.165) is 22.3 Å². The zero-order chi connectivity index (χ0) is 25.8. The van der Waals surface area contributed by atoms with Crippen molar-refractivity contribution in [3.8, 4) is 11.5 Å². The Morgan fingerprint density at radius 1 is 1.03 bits per heavy atom. The SMILES string of the molecule is COc1cc2c(cc1OC)C(c1ccc(F)cc1)N(C(=O)N[C@H](C)C(=O)Nc1ccccc1C)CC2. The summed E-state index contributed by atoms with van der Waals surface area (Å²) in [6.45, 7) is 3.95. The molecule has 0 aliphatic carbocycles. The second kappa shape index (κ2) is 10.7. The highest BCUT2D eigenvalue weighted by Gasteiger charge is 2.34. The van der Waals surface area contributed by atoms with E-state index < -0.39 is 18.1 Å². The molecule has 7 nitrogen and oxygen atoms in total. The van der Waals surface area contributed by atoms with Crippen LogP contribution in [0.15, 0.2) is 60.7 Å². The number of rotatable bonds is 6. The highest BCUT2D eigenvalue weighted by atomic mass is 19.1. The highest BCUT2D eigenvalue weighted by molar-refractivity contribution is 5.97. The Bertz CT molecular complexity index is 1260. The fraction of sp³-hybridized carbons (Fsp3) is 0.286. The summed E-state index contributed by atoms with van der Waals surface area (Å²) in [6, 6.07) is 15.6. The van der Waals surface area contributed by atoms with Crippen LogP contribution in [0.2, 0.25) is 0 Å². The van der Waals surface area contributed by atoms with Gasteiger partial charge in [0.2, 0.25) is 5.91 Å². The Kier molecular flexibility index (Phi) is 7.43. The smallest absolute Gasteiger partial charge is 0.318 e. The fourth-order valence-electron chi connectivity index (χ4n) is 4.46. The fourth-order valence-corrected chi connectivity index (χ4v) is 4.46. The molecule has 3 aromatic carbocycles. The summed E-state index contributed by atoms with van der Waals surface area (Å²) >= 11 is 0. The van der Waals surface area contributed by atoms with E-state index >= 15 is 0 Å². The molecule has 0 spiro atoms. The van der Waals surface area contributed by atoms with Crippen molar-refractivity contribution in [3.63, 3.8) is 0 Å². The minimum absolute atomic E-state index is 0.320. The predicted molar refractivity (Wildman–Crippen MR) is 136 cm³/mol. The van der Waals surface area contributed by atoms with Crippen LogP contribution in [-0.2, 0) is 11.2 Å². The Morgan fingerprint density at radius 3 is 2.36 bits per heavy atom. The molecule has 0 bridgehead atoms. The van der Waals surface area contributed by atoms with Crippen LogP contribution in [0, 0.1) is 12.7 Å². The number of anilines is 1. The summed E-state index contributed by atoms with van der Waals surface area (Å²) in [5, 5.41) is 5.69. The first-order chi connectivity index (χ1) is 17.3. The van der Waals surface area contributed by atoms with Crippen LogP contribution in [-0.4, -0.2) is 43.6 Å². The average Bonchev–Trinajstić information content (AvgIpc) is 2.88. The van der Waals surface area contributed by atoms with Gasteiger partial charge in [-0.05, 0) is 72.9 Å². The molecule has 0 aromatic heterocycles. The summed E-state index contributed by atoms with van der Waals surface area (Å²) in [6.07, 6.45) is 0.588. The number of fused-ring (bicyclic) bond motifs is 1. The third kappa shape index (κ3) is 5.12. The van der Waals surface area contributed by atoms with Gasteiger partial charge in [-0.15, -0.1) is 0 Å². The number of benzene rings is 3. The summed E-state index contributed by atoms with van der Waals surface area (Å²) in [5.74, 6) is 0.462. The molecular weight excluding hydrogens is 461 g/mol. The van der Waals surface area contributed by atoms with Gasteiger partial charge in [0.1, 0.15) is 11.9 Å². The highest BCUT2D eigenvalue weighted by Crippen LogP contribution is 2.41. The summed E-state index contributed by atoms with van der Waals surface area (Å²) in [7, 11) is 3.13. The van der Waals surface area contributed by atoms with E-state index in [0.29, 0.717) is 30.2 Å². The standard InChI is InChI=1S/C28H30FN3O4/c1-17-7-5-6-8-23(17)31-27(33)18(2)30-28(34)32-14-13-20-15-24(35-3)25(36-4)16-22(20)26(32)19-9-11-21(29)12-10-19/h5-12,15-16,18,26H,13-14H2,1-4H3,(H,30,34)(H,31,33)/t18-,26?/m1/s1. The molecule has 4 rings (SSSR count). The molecule has 1 heterocycles. The molecule has 0 radical (unpaired) electrons. The van der Waals surface area contributed by atoms with E-state index in [1.54, 1.807) is 38.2 Å². The van der Waals surface area contributed by atoms with Crippen LogP contribution in [0.5, 0.6) is 11.5 Å². The molecule has 0 saturated heterocycles. The van der Waals surface area contributed by atoms with Gasteiger partial charge in [-0.1, -0.05) is 30.3 Å². The minimum atomic E-state index is -0.780. The van der Waals surface area contributed by atoms with Crippen molar-refractivity contribution in [2.24, 2.45) is 0 Å². The van der Waals surface area contributed by atoms with Crippen molar-refractivity contribution in [3.05, 3.63) is 88.7 Å². The summed E-state index contributed by atoms with van der Waals surface area (Å²) in [4.78, 5) is 27.9. The van der Waals surface area contributed by atoms with Crippen molar-refractivity contribution in [1.29, 1.82) is 0 Å². The van der Waals surface area contributed by atoms with Crippen LogP contribution in [0.1, 0.15) is 35.2 Å². The monoisotopic (exact) mass is 491 g/mol. The Balaban J connectivity index is 1.62. The zero-order valence-corrected chi connectivity index (χ0v) is 20.8. The molecule has 3 amide bonds. The molecule has 1 aliphatic heterocycles. The zero-order valence-electron chi connectivity index (χ0n) is 20.8. The number of halogens is 1. The van der Waals surface area contributed by atoms with Crippen molar-refractivity contribution >= 4 is 17.6 Å². The number of aryl methyl sites for hydroxylation is 1. The van der Waals surface area contributed by atoms with E-state index in [4.69, 9.17) is 9.47 Å². The average molecular weight is 492 g/mol. The molecule has 3 aromatic rings. The minimum Gasteiger partial charge on any atom is -0.493 e. The number of nitrogens with one attached hydrogen (secondary N) is 2. The van der Waals surface area contributed by atoms with E-state index in [-0.39, 0.29) is 11.7 Å². The molecule has 0 fully saturated rings. The van der Waals surface area contributed by atoms with Crippen LogP contribution >= 0.6 is 0 Å². The molecule has 2 N–H and O–H groups in total. The Hall–Kier alpha value is -4.07. The normalized spacial score (nSPS) is 15.5. The number of hydrogen-bond donors (Lipinski definition) is 2. The largest absolute Gasteiger partial charge is 0.493 e. The maximum absolute atomic E-state index is 13.7. The van der Waals surface area contributed by atoms with Crippen LogP contribution in [0.4, 0.5) is 14.9 Å².